The summed E-state index contributed by atoms with van der Waals surface area (Å²) < 4.78 is 0. The zero-order valence-corrected chi connectivity index (χ0v) is 3.61. The van der Waals surface area contributed by atoms with Gasteiger partial charge in [-0.05, 0) is 0 Å². The van der Waals surface area contributed by atoms with Gasteiger partial charge in [-0.2, -0.15) is 0 Å². The first-order chi connectivity index (χ1) is 3.46. The summed E-state index contributed by atoms with van der Waals surface area (Å²) in [4.78, 5) is 17.1. The number of carbonyl (C=O) groups is 2. The van der Waals surface area contributed by atoms with E-state index in [4.69, 9.17) is 30.0 Å². The van der Waals surface area contributed by atoms with Gasteiger partial charge >= 0.3 is 41.9 Å². The van der Waals surface area contributed by atoms with Crippen LogP contribution in [0.5, 0.6) is 0 Å². The average Bonchev–Trinajstić information content (AvgIpc) is 1.25. The standard InChI is InChI=1S/2CH2O3.Na.H/c2*2-1(3)4;;/h2*(H2,2,3,4);;. The molecule has 4 N–H and O–H groups in total. The van der Waals surface area contributed by atoms with Gasteiger partial charge in [0.25, 0.3) is 0 Å². The number of carboxylic acid groups (broad SMARTS) is 4. The van der Waals surface area contributed by atoms with Crippen LogP contribution < -0.4 is 0 Å². The van der Waals surface area contributed by atoms with Crippen molar-refractivity contribution >= 4 is 41.9 Å². The molecule has 0 spiro atoms. The van der Waals surface area contributed by atoms with Gasteiger partial charge in [-0.3, -0.25) is 0 Å². The molecule has 9 heavy (non-hydrogen) atoms. The summed E-state index contributed by atoms with van der Waals surface area (Å²) >= 11 is 0. The Balaban J connectivity index is -0.0000000720. The zero-order chi connectivity index (χ0) is 7.15. The fourth-order valence-electron chi connectivity index (χ4n) is 0. The van der Waals surface area contributed by atoms with Gasteiger partial charge in [-0.1, -0.05) is 0 Å². The Bertz CT molecular complexity index is 69.1. The van der Waals surface area contributed by atoms with E-state index in [0.29, 0.717) is 0 Å². The molecular formula is C2H5NaO6. The minimum atomic E-state index is -1.83. The van der Waals surface area contributed by atoms with Crippen LogP contribution in [-0.4, -0.2) is 62.3 Å². The van der Waals surface area contributed by atoms with Crippen LogP contribution in [0.4, 0.5) is 9.59 Å². The first kappa shape index (κ1) is 15.8. The first-order valence-corrected chi connectivity index (χ1v) is 1.30. The Morgan fingerprint density at radius 1 is 0.778 bits per heavy atom. The van der Waals surface area contributed by atoms with Gasteiger partial charge in [0.1, 0.15) is 0 Å². The molecule has 0 aliphatic heterocycles. The molecule has 0 saturated carbocycles. The van der Waals surface area contributed by atoms with Crippen LogP contribution in [0.2, 0.25) is 0 Å². The van der Waals surface area contributed by atoms with Crippen LogP contribution in [0, 0.1) is 0 Å². The minimum absolute atomic E-state index is 0. The predicted octanol–water partition coefficient (Wildman–Crippen LogP) is -0.204. The van der Waals surface area contributed by atoms with E-state index < -0.39 is 12.3 Å². The maximum absolute atomic E-state index is 8.56. The quantitative estimate of drug-likeness (QED) is 0.353. The Morgan fingerprint density at radius 3 is 0.778 bits per heavy atom. The topological polar surface area (TPSA) is 115 Å². The number of rotatable bonds is 0. The second-order valence-corrected chi connectivity index (χ2v) is 0.565. The molecule has 0 radical (unpaired) electrons. The molecule has 6 nitrogen and oxygen atoms in total. The van der Waals surface area contributed by atoms with Crippen LogP contribution in [0.1, 0.15) is 0 Å². The molecule has 0 atom stereocenters. The molecule has 0 bridgehead atoms. The Kier molecular flexibility index (Phi) is 18.5. The molecule has 0 heterocycles. The van der Waals surface area contributed by atoms with E-state index in [0.717, 1.165) is 0 Å². The molecule has 0 aliphatic rings. The summed E-state index contributed by atoms with van der Waals surface area (Å²) in [5.41, 5.74) is 0. The van der Waals surface area contributed by atoms with Crippen molar-refractivity contribution in [1.82, 2.24) is 0 Å². The monoisotopic (exact) mass is 148 g/mol. The Morgan fingerprint density at radius 2 is 0.778 bits per heavy atom. The van der Waals surface area contributed by atoms with E-state index in [2.05, 4.69) is 0 Å². The van der Waals surface area contributed by atoms with Gasteiger partial charge < -0.3 is 20.4 Å². The first-order valence-electron chi connectivity index (χ1n) is 1.30. The SMILES string of the molecule is O=C(O)O.O=C(O)O.[NaH]. The van der Waals surface area contributed by atoms with Crippen molar-refractivity contribution in [3.05, 3.63) is 0 Å². The zero-order valence-electron chi connectivity index (χ0n) is 3.61. The van der Waals surface area contributed by atoms with Crippen LogP contribution in [0.3, 0.4) is 0 Å². The second-order valence-electron chi connectivity index (χ2n) is 0.565. The average molecular weight is 148 g/mol. The molecule has 7 heteroatoms. The van der Waals surface area contributed by atoms with Gasteiger partial charge in [0, 0.05) is 0 Å². The van der Waals surface area contributed by atoms with E-state index in [-0.39, 0.29) is 29.6 Å². The van der Waals surface area contributed by atoms with E-state index in [1.165, 1.54) is 0 Å². The molecule has 0 aromatic heterocycles. The normalized spacial score (nSPS) is 5.33. The van der Waals surface area contributed by atoms with E-state index in [1.54, 1.807) is 0 Å². The van der Waals surface area contributed by atoms with E-state index >= 15 is 0 Å². The molecule has 50 valence electrons. The van der Waals surface area contributed by atoms with Crippen LogP contribution in [-0.2, 0) is 0 Å². The van der Waals surface area contributed by atoms with Crippen LogP contribution in [0.25, 0.3) is 0 Å². The number of hydrogen-bond acceptors (Lipinski definition) is 2. The van der Waals surface area contributed by atoms with Crippen molar-refractivity contribution in [2.24, 2.45) is 0 Å². The third-order valence-corrected chi connectivity index (χ3v) is 0. The Hall–Kier alpha value is -0.460. The van der Waals surface area contributed by atoms with Gasteiger partial charge in [0.15, 0.2) is 0 Å². The molecule has 0 rings (SSSR count). The fourth-order valence-corrected chi connectivity index (χ4v) is 0. The number of hydrogen-bond donors (Lipinski definition) is 4. The molecule has 0 saturated heterocycles. The van der Waals surface area contributed by atoms with Gasteiger partial charge in [0.2, 0.25) is 0 Å². The summed E-state index contributed by atoms with van der Waals surface area (Å²) in [6.45, 7) is 0. The molecule has 0 aromatic carbocycles. The van der Waals surface area contributed by atoms with Gasteiger partial charge in [-0.15, -0.1) is 0 Å². The predicted molar refractivity (Wildman–Crippen MR) is 28.5 cm³/mol. The van der Waals surface area contributed by atoms with Crippen LogP contribution >= 0.6 is 0 Å². The third kappa shape index (κ3) is 1090. The van der Waals surface area contributed by atoms with Crippen molar-refractivity contribution in [1.29, 1.82) is 0 Å². The molecule has 0 aliphatic carbocycles. The Labute approximate surface area is 72.0 Å². The van der Waals surface area contributed by atoms with Gasteiger partial charge in [0.05, 0.1) is 0 Å². The third-order valence-electron chi connectivity index (χ3n) is 0. The van der Waals surface area contributed by atoms with Crippen molar-refractivity contribution in [3.63, 3.8) is 0 Å². The molecular weight excluding hydrogens is 143 g/mol. The summed E-state index contributed by atoms with van der Waals surface area (Å²) in [6, 6.07) is 0. The van der Waals surface area contributed by atoms with Crippen molar-refractivity contribution in [2.45, 2.75) is 0 Å². The van der Waals surface area contributed by atoms with Crippen molar-refractivity contribution < 1.29 is 30.0 Å². The molecule has 0 amide bonds. The second kappa shape index (κ2) is 10.5. The summed E-state index contributed by atoms with van der Waals surface area (Å²) in [6.07, 6.45) is -3.67. The molecule has 0 unspecified atom stereocenters. The van der Waals surface area contributed by atoms with Crippen molar-refractivity contribution in [2.75, 3.05) is 0 Å². The van der Waals surface area contributed by atoms with E-state index in [9.17, 15) is 0 Å². The fraction of sp³-hybridized carbons (Fsp3) is 0. The van der Waals surface area contributed by atoms with Crippen molar-refractivity contribution in [3.8, 4) is 0 Å². The summed E-state index contributed by atoms with van der Waals surface area (Å²) in [5.74, 6) is 0. The summed E-state index contributed by atoms with van der Waals surface area (Å²) in [5, 5.41) is 27.9. The summed E-state index contributed by atoms with van der Waals surface area (Å²) in [7, 11) is 0. The maximum atomic E-state index is 8.56. The van der Waals surface area contributed by atoms with Crippen LogP contribution in [0.15, 0.2) is 0 Å². The van der Waals surface area contributed by atoms with E-state index in [1.807, 2.05) is 0 Å². The molecule has 0 aromatic rings. The van der Waals surface area contributed by atoms with Gasteiger partial charge in [-0.25, -0.2) is 9.59 Å². The molecule has 0 fully saturated rings.